The van der Waals surface area contributed by atoms with Gasteiger partial charge in [0, 0.05) is 50.4 Å². The first-order chi connectivity index (χ1) is 18.0. The molecule has 0 saturated carbocycles. The van der Waals surface area contributed by atoms with Crippen LogP contribution in [0, 0.1) is 5.82 Å². The predicted octanol–water partition coefficient (Wildman–Crippen LogP) is 3.42. The summed E-state index contributed by atoms with van der Waals surface area (Å²) in [7, 11) is 4.10. The summed E-state index contributed by atoms with van der Waals surface area (Å²) in [5.41, 5.74) is -0.521. The molecule has 0 spiro atoms. The lowest BCUT2D eigenvalue weighted by atomic mass is 9.85. The van der Waals surface area contributed by atoms with Gasteiger partial charge in [-0.3, -0.25) is 14.3 Å². The highest BCUT2D eigenvalue weighted by molar-refractivity contribution is 5.95. The first kappa shape index (κ1) is 26.9. The molecule has 0 bridgehead atoms. The topological polar surface area (TPSA) is 98.6 Å². The number of benzene rings is 1. The van der Waals surface area contributed by atoms with Gasteiger partial charge in [-0.15, -0.1) is 0 Å². The fourth-order valence-electron chi connectivity index (χ4n) is 4.45. The number of nitrogens with one attached hydrogen (secondary N) is 1. The van der Waals surface area contributed by atoms with Crippen molar-refractivity contribution in [2.45, 2.75) is 24.6 Å². The maximum atomic E-state index is 13.6. The third-order valence-electron chi connectivity index (χ3n) is 6.40. The molecule has 1 aliphatic rings. The van der Waals surface area contributed by atoms with E-state index in [1.807, 2.05) is 0 Å². The molecule has 1 aliphatic heterocycles. The van der Waals surface area contributed by atoms with E-state index in [1.54, 1.807) is 17.0 Å². The van der Waals surface area contributed by atoms with Crippen molar-refractivity contribution in [2.24, 2.45) is 7.05 Å². The van der Waals surface area contributed by atoms with Gasteiger partial charge in [-0.25, -0.2) is 9.37 Å². The lowest BCUT2D eigenvalue weighted by molar-refractivity contribution is -0.141. The molecule has 0 radical (unpaired) electrons. The molecule has 202 valence electrons. The van der Waals surface area contributed by atoms with Crippen LogP contribution in [-0.2, 0) is 13.2 Å². The van der Waals surface area contributed by atoms with E-state index >= 15 is 0 Å². The Morgan fingerprint density at radius 3 is 2.42 bits per heavy atom. The maximum Gasteiger partial charge on any atom is 0.435 e. The van der Waals surface area contributed by atoms with Gasteiger partial charge in [0.1, 0.15) is 11.5 Å². The zero-order valence-electron chi connectivity index (χ0n) is 20.8. The third-order valence-corrected chi connectivity index (χ3v) is 6.40. The molecule has 38 heavy (non-hydrogen) atoms. The Morgan fingerprint density at radius 1 is 1.11 bits per heavy atom. The Labute approximate surface area is 215 Å². The summed E-state index contributed by atoms with van der Waals surface area (Å²) in [5, 5.41) is 6.18. The molecular weight excluding hydrogens is 510 g/mol. The molecule has 0 aliphatic carbocycles. The molecule has 4 rings (SSSR count). The Kier molecular flexibility index (Phi) is 7.56. The number of hydrogen-bond acceptors (Lipinski definition) is 6. The number of carbonyl (C=O) groups excluding carboxylic acids is 2. The number of ether oxygens (including phenoxy) is 2. The second kappa shape index (κ2) is 10.7. The predicted molar refractivity (Wildman–Crippen MR) is 126 cm³/mol. The average molecular weight is 535 g/mol. The second-order valence-corrected chi connectivity index (χ2v) is 8.75. The SMILES string of the molecule is COc1cc(C(=O)N2CC[C@H](NC(=O)c3cc(C(F)(F)F)nn3C)[C@@H](c3ccc(F)cc3)C2)cnc1OC. The fraction of sp³-hybridized carbons (Fsp3) is 0.360. The number of carbonyl (C=O) groups is 2. The molecule has 0 unspecified atom stereocenters. The molecule has 9 nitrogen and oxygen atoms in total. The summed E-state index contributed by atoms with van der Waals surface area (Å²) in [5.74, 6) is -1.50. The van der Waals surface area contributed by atoms with E-state index in [2.05, 4.69) is 15.4 Å². The monoisotopic (exact) mass is 535 g/mol. The van der Waals surface area contributed by atoms with Gasteiger partial charge in [0.05, 0.1) is 19.8 Å². The quantitative estimate of drug-likeness (QED) is 0.486. The van der Waals surface area contributed by atoms with Crippen molar-refractivity contribution in [3.05, 3.63) is 70.9 Å². The van der Waals surface area contributed by atoms with Crippen LogP contribution in [-0.4, -0.2) is 64.8 Å². The van der Waals surface area contributed by atoms with E-state index in [1.165, 1.54) is 45.7 Å². The molecular formula is C25H25F4N5O4. The van der Waals surface area contributed by atoms with Gasteiger partial charge in [-0.05, 0) is 24.1 Å². The van der Waals surface area contributed by atoms with E-state index in [0.29, 0.717) is 18.1 Å². The number of amides is 2. The van der Waals surface area contributed by atoms with Crippen LogP contribution in [0.1, 0.15) is 44.4 Å². The van der Waals surface area contributed by atoms with Crippen LogP contribution < -0.4 is 14.8 Å². The second-order valence-electron chi connectivity index (χ2n) is 8.75. The highest BCUT2D eigenvalue weighted by atomic mass is 19.4. The van der Waals surface area contributed by atoms with Crippen molar-refractivity contribution in [3.8, 4) is 11.6 Å². The number of nitrogens with zero attached hydrogens (tertiary/aromatic N) is 4. The van der Waals surface area contributed by atoms with Gasteiger partial charge in [0.15, 0.2) is 11.4 Å². The van der Waals surface area contributed by atoms with Crippen LogP contribution in [0.3, 0.4) is 0 Å². The lowest BCUT2D eigenvalue weighted by Gasteiger charge is -2.39. The van der Waals surface area contributed by atoms with E-state index in [9.17, 15) is 27.2 Å². The number of methoxy groups -OCH3 is 2. The molecule has 13 heteroatoms. The zero-order chi connectivity index (χ0) is 27.6. The molecule has 1 saturated heterocycles. The van der Waals surface area contributed by atoms with Crippen molar-refractivity contribution in [1.29, 1.82) is 0 Å². The molecule has 1 aromatic carbocycles. The smallest absolute Gasteiger partial charge is 0.435 e. The third kappa shape index (κ3) is 5.55. The van der Waals surface area contributed by atoms with Crippen LogP contribution in [0.15, 0.2) is 42.6 Å². The highest BCUT2D eigenvalue weighted by Crippen LogP contribution is 2.32. The summed E-state index contributed by atoms with van der Waals surface area (Å²) in [4.78, 5) is 32.0. The molecule has 2 atom stereocenters. The van der Waals surface area contributed by atoms with Gasteiger partial charge < -0.3 is 19.7 Å². The first-order valence-electron chi connectivity index (χ1n) is 11.6. The lowest BCUT2D eigenvalue weighted by Crippen LogP contribution is -2.51. The van der Waals surface area contributed by atoms with E-state index in [-0.39, 0.29) is 41.9 Å². The molecule has 2 aromatic heterocycles. The van der Waals surface area contributed by atoms with Gasteiger partial charge in [0.2, 0.25) is 0 Å². The highest BCUT2D eigenvalue weighted by Gasteiger charge is 2.37. The van der Waals surface area contributed by atoms with Crippen molar-refractivity contribution in [1.82, 2.24) is 25.0 Å². The van der Waals surface area contributed by atoms with Crippen LogP contribution in [0.25, 0.3) is 0 Å². The number of pyridine rings is 1. The fourth-order valence-corrected chi connectivity index (χ4v) is 4.45. The van der Waals surface area contributed by atoms with Crippen molar-refractivity contribution in [2.75, 3.05) is 27.3 Å². The molecule has 3 heterocycles. The average Bonchev–Trinajstić information content (AvgIpc) is 3.31. The Hall–Kier alpha value is -4.16. The van der Waals surface area contributed by atoms with Crippen molar-refractivity contribution >= 4 is 11.8 Å². The van der Waals surface area contributed by atoms with Crippen LogP contribution in [0.2, 0.25) is 0 Å². The molecule has 1 N–H and O–H groups in total. The number of alkyl halides is 3. The van der Waals surface area contributed by atoms with Crippen LogP contribution >= 0.6 is 0 Å². The molecule has 1 fully saturated rings. The van der Waals surface area contributed by atoms with Gasteiger partial charge in [-0.1, -0.05) is 12.1 Å². The minimum Gasteiger partial charge on any atom is -0.491 e. The van der Waals surface area contributed by atoms with E-state index in [0.717, 1.165) is 4.68 Å². The number of halogens is 4. The van der Waals surface area contributed by atoms with Crippen LogP contribution in [0.5, 0.6) is 11.6 Å². The zero-order valence-corrected chi connectivity index (χ0v) is 20.8. The van der Waals surface area contributed by atoms with E-state index < -0.39 is 35.6 Å². The summed E-state index contributed by atoms with van der Waals surface area (Å²) in [6.45, 7) is 0.401. The Bertz CT molecular complexity index is 1330. The van der Waals surface area contributed by atoms with Gasteiger partial charge in [-0.2, -0.15) is 18.3 Å². The number of likely N-dealkylation sites (tertiary alicyclic amines) is 1. The number of hydrogen-bond donors (Lipinski definition) is 1. The normalized spacial score (nSPS) is 17.7. The Balaban J connectivity index is 1.58. The van der Waals surface area contributed by atoms with Crippen molar-refractivity contribution < 1.29 is 36.6 Å². The summed E-state index contributed by atoms with van der Waals surface area (Å²) < 4.78 is 64.1. The largest absolute Gasteiger partial charge is 0.491 e. The standard InChI is InChI=1S/C25H25F4N5O4/c1-33-19(11-21(32-33)25(27,28)29)22(35)31-18-8-9-34(13-17(18)14-4-6-16(26)7-5-14)24(36)15-10-20(37-2)23(38-3)30-12-15/h4-7,10-12,17-18H,8-9,13H2,1-3H3,(H,31,35)/t17-,18+/m1/s1. The molecule has 3 aromatic rings. The van der Waals surface area contributed by atoms with Crippen LogP contribution in [0.4, 0.5) is 17.6 Å². The summed E-state index contributed by atoms with van der Waals surface area (Å²) in [6.07, 6.45) is -3.03. The maximum absolute atomic E-state index is 13.6. The molecule has 2 amide bonds. The number of aryl methyl sites for hydroxylation is 1. The summed E-state index contributed by atoms with van der Waals surface area (Å²) in [6, 6.07) is 7.28. The minimum atomic E-state index is -4.70. The minimum absolute atomic E-state index is 0.156. The Morgan fingerprint density at radius 2 is 1.82 bits per heavy atom. The first-order valence-corrected chi connectivity index (χ1v) is 11.6. The number of piperidine rings is 1. The number of aromatic nitrogens is 3. The number of rotatable bonds is 6. The van der Waals surface area contributed by atoms with E-state index in [4.69, 9.17) is 9.47 Å². The summed E-state index contributed by atoms with van der Waals surface area (Å²) >= 11 is 0. The van der Waals surface area contributed by atoms with Gasteiger partial charge in [0.25, 0.3) is 17.7 Å². The van der Waals surface area contributed by atoms with Crippen molar-refractivity contribution in [3.63, 3.8) is 0 Å². The van der Waals surface area contributed by atoms with Gasteiger partial charge >= 0.3 is 6.18 Å².